The van der Waals surface area contributed by atoms with Crippen LogP contribution in [0.2, 0.25) is 0 Å². The number of benzene rings is 2. The molecular weight excluding hydrogens is 312 g/mol. The number of aromatic carboxylic acids is 1. The van der Waals surface area contributed by atoms with Gasteiger partial charge in [0.15, 0.2) is 0 Å². The fourth-order valence-corrected chi connectivity index (χ4v) is 2.00. The van der Waals surface area contributed by atoms with Gasteiger partial charge in [0, 0.05) is 0 Å². The van der Waals surface area contributed by atoms with Crippen LogP contribution in [0.5, 0.6) is 11.5 Å². The fourth-order valence-electron chi connectivity index (χ4n) is 1.50. The van der Waals surface area contributed by atoms with Crippen molar-refractivity contribution in [3.63, 3.8) is 0 Å². The van der Waals surface area contributed by atoms with E-state index in [9.17, 15) is 4.79 Å². The summed E-state index contributed by atoms with van der Waals surface area (Å²) in [5, 5.41) is 18.0. The van der Waals surface area contributed by atoms with E-state index < -0.39 is 5.97 Å². The van der Waals surface area contributed by atoms with Crippen LogP contribution in [0.3, 0.4) is 0 Å². The first-order valence-electron chi connectivity index (χ1n) is 5.50. The third kappa shape index (κ3) is 3.48. The molecule has 2 rings (SSSR count). The van der Waals surface area contributed by atoms with E-state index in [2.05, 4.69) is 15.9 Å². The Morgan fingerprint density at radius 1 is 1.16 bits per heavy atom. The van der Waals surface area contributed by atoms with Crippen LogP contribution in [0.4, 0.5) is 0 Å². The molecule has 0 aliphatic heterocycles. The molecule has 0 fully saturated rings. The minimum absolute atomic E-state index is 0.198. The second-order valence-corrected chi connectivity index (χ2v) is 4.76. The summed E-state index contributed by atoms with van der Waals surface area (Å²) in [6, 6.07) is 11.3. The van der Waals surface area contributed by atoms with Gasteiger partial charge in [0.1, 0.15) is 18.1 Å². The molecule has 0 aliphatic rings. The van der Waals surface area contributed by atoms with Gasteiger partial charge >= 0.3 is 5.97 Å². The van der Waals surface area contributed by atoms with Gasteiger partial charge < -0.3 is 14.9 Å². The molecule has 0 saturated heterocycles. The van der Waals surface area contributed by atoms with Crippen LogP contribution in [0.25, 0.3) is 0 Å². The molecule has 5 heteroatoms. The van der Waals surface area contributed by atoms with E-state index in [0.29, 0.717) is 16.8 Å². The van der Waals surface area contributed by atoms with Gasteiger partial charge in [0.05, 0.1) is 10.0 Å². The largest absolute Gasteiger partial charge is 0.508 e. The van der Waals surface area contributed by atoms with Gasteiger partial charge in [0.2, 0.25) is 0 Å². The molecule has 0 aromatic heterocycles. The molecule has 0 atom stereocenters. The molecule has 4 nitrogen and oxygen atoms in total. The van der Waals surface area contributed by atoms with Crippen LogP contribution >= 0.6 is 15.9 Å². The Kier molecular flexibility index (Phi) is 4.06. The number of hydrogen-bond donors (Lipinski definition) is 2. The van der Waals surface area contributed by atoms with E-state index >= 15 is 0 Å². The topological polar surface area (TPSA) is 66.8 Å². The van der Waals surface area contributed by atoms with E-state index in [0.717, 1.165) is 5.56 Å². The van der Waals surface area contributed by atoms with Gasteiger partial charge in [-0.1, -0.05) is 12.1 Å². The number of aromatic hydroxyl groups is 1. The van der Waals surface area contributed by atoms with Crippen molar-refractivity contribution in [2.45, 2.75) is 6.61 Å². The van der Waals surface area contributed by atoms with E-state index in [1.807, 2.05) is 0 Å². The van der Waals surface area contributed by atoms with Crippen molar-refractivity contribution < 1.29 is 19.7 Å². The van der Waals surface area contributed by atoms with Crippen molar-refractivity contribution >= 4 is 21.9 Å². The lowest BCUT2D eigenvalue weighted by Gasteiger charge is -2.09. The lowest BCUT2D eigenvalue weighted by atomic mass is 10.2. The Morgan fingerprint density at radius 3 is 2.42 bits per heavy atom. The van der Waals surface area contributed by atoms with Gasteiger partial charge in [-0.2, -0.15) is 0 Å². The molecule has 2 N–H and O–H groups in total. The zero-order chi connectivity index (χ0) is 13.8. The van der Waals surface area contributed by atoms with Crippen LogP contribution in [0.1, 0.15) is 15.9 Å². The molecule has 0 heterocycles. The molecule has 0 unspecified atom stereocenters. The number of hydrogen-bond acceptors (Lipinski definition) is 3. The molecule has 2 aromatic carbocycles. The zero-order valence-electron chi connectivity index (χ0n) is 9.84. The second kappa shape index (κ2) is 5.75. The van der Waals surface area contributed by atoms with Crippen molar-refractivity contribution in [3.05, 3.63) is 58.1 Å². The molecule has 0 bridgehead atoms. The molecule has 0 saturated carbocycles. The molecule has 0 aliphatic carbocycles. The maximum absolute atomic E-state index is 10.8. The molecule has 98 valence electrons. The van der Waals surface area contributed by atoms with Crippen molar-refractivity contribution in [1.29, 1.82) is 0 Å². The number of phenolic OH excluding ortho intramolecular Hbond substituents is 1. The van der Waals surface area contributed by atoms with Crippen LogP contribution < -0.4 is 4.74 Å². The summed E-state index contributed by atoms with van der Waals surface area (Å²) in [5.74, 6) is -0.209. The van der Waals surface area contributed by atoms with E-state index in [1.54, 1.807) is 30.3 Å². The van der Waals surface area contributed by atoms with Crippen molar-refractivity contribution in [2.75, 3.05) is 0 Å². The van der Waals surface area contributed by atoms with Crippen LogP contribution in [-0.2, 0) is 6.61 Å². The number of phenols is 1. The summed E-state index contributed by atoms with van der Waals surface area (Å²) in [7, 11) is 0. The first-order chi connectivity index (χ1) is 9.06. The van der Waals surface area contributed by atoms with Gasteiger partial charge in [0.25, 0.3) is 0 Å². The van der Waals surface area contributed by atoms with Crippen molar-refractivity contribution in [3.8, 4) is 11.5 Å². The van der Waals surface area contributed by atoms with Crippen LogP contribution in [-0.4, -0.2) is 16.2 Å². The summed E-state index contributed by atoms with van der Waals surface area (Å²) in [5.41, 5.74) is 1.11. The standard InChI is InChI=1S/C14H11BrO4/c15-12-7-10(14(17)18)3-6-13(12)19-8-9-1-4-11(16)5-2-9/h1-7,16H,8H2,(H,17,18). The van der Waals surface area contributed by atoms with Crippen molar-refractivity contribution in [1.82, 2.24) is 0 Å². The summed E-state index contributed by atoms with van der Waals surface area (Å²) in [6.45, 7) is 0.339. The van der Waals surface area contributed by atoms with Gasteiger partial charge in [-0.25, -0.2) is 4.79 Å². The highest BCUT2D eigenvalue weighted by Gasteiger charge is 2.07. The lowest BCUT2D eigenvalue weighted by Crippen LogP contribution is -1.99. The third-order valence-electron chi connectivity index (χ3n) is 2.51. The highest BCUT2D eigenvalue weighted by Crippen LogP contribution is 2.27. The predicted molar refractivity (Wildman–Crippen MR) is 73.5 cm³/mol. The second-order valence-electron chi connectivity index (χ2n) is 3.91. The number of carbonyl (C=O) groups is 1. The Morgan fingerprint density at radius 2 is 1.84 bits per heavy atom. The third-order valence-corrected chi connectivity index (χ3v) is 3.13. The average Bonchev–Trinajstić information content (AvgIpc) is 2.39. The smallest absolute Gasteiger partial charge is 0.335 e. The maximum atomic E-state index is 10.8. The minimum Gasteiger partial charge on any atom is -0.508 e. The van der Waals surface area contributed by atoms with Crippen molar-refractivity contribution in [2.24, 2.45) is 0 Å². The molecule has 0 radical (unpaired) electrons. The SMILES string of the molecule is O=C(O)c1ccc(OCc2ccc(O)cc2)c(Br)c1. The number of rotatable bonds is 4. The highest BCUT2D eigenvalue weighted by atomic mass is 79.9. The fraction of sp³-hybridized carbons (Fsp3) is 0.0714. The minimum atomic E-state index is -0.981. The van der Waals surface area contributed by atoms with Gasteiger partial charge in [-0.3, -0.25) is 0 Å². The molecule has 2 aromatic rings. The predicted octanol–water partition coefficient (Wildman–Crippen LogP) is 3.43. The number of halogens is 1. The van der Waals surface area contributed by atoms with Crippen LogP contribution in [0, 0.1) is 0 Å². The normalized spacial score (nSPS) is 10.2. The first-order valence-corrected chi connectivity index (χ1v) is 6.29. The summed E-state index contributed by atoms with van der Waals surface area (Å²) in [4.78, 5) is 10.8. The number of ether oxygens (including phenoxy) is 1. The summed E-state index contributed by atoms with van der Waals surface area (Å²) >= 11 is 3.27. The van der Waals surface area contributed by atoms with Gasteiger partial charge in [-0.15, -0.1) is 0 Å². The quantitative estimate of drug-likeness (QED) is 0.905. The Labute approximate surface area is 118 Å². The van der Waals surface area contributed by atoms with E-state index in [-0.39, 0.29) is 11.3 Å². The molecule has 0 spiro atoms. The zero-order valence-corrected chi connectivity index (χ0v) is 11.4. The molecule has 19 heavy (non-hydrogen) atoms. The Hall–Kier alpha value is -2.01. The molecule has 0 amide bonds. The lowest BCUT2D eigenvalue weighted by molar-refractivity contribution is 0.0696. The Bertz CT molecular complexity index is 593. The van der Waals surface area contributed by atoms with Crippen LogP contribution in [0.15, 0.2) is 46.9 Å². The van der Waals surface area contributed by atoms with Gasteiger partial charge in [-0.05, 0) is 51.8 Å². The molecular formula is C14H11BrO4. The average molecular weight is 323 g/mol. The Balaban J connectivity index is 2.07. The van der Waals surface area contributed by atoms with E-state index in [4.69, 9.17) is 14.9 Å². The summed E-state index contributed by atoms with van der Waals surface area (Å²) < 4.78 is 6.17. The highest BCUT2D eigenvalue weighted by molar-refractivity contribution is 9.10. The number of carboxylic acid groups (broad SMARTS) is 1. The monoisotopic (exact) mass is 322 g/mol. The summed E-state index contributed by atoms with van der Waals surface area (Å²) in [6.07, 6.45) is 0. The maximum Gasteiger partial charge on any atom is 0.335 e. The van der Waals surface area contributed by atoms with E-state index in [1.165, 1.54) is 12.1 Å². The number of carboxylic acids is 1. The first kappa shape index (κ1) is 13.4.